The maximum absolute atomic E-state index is 12.0. The largest absolute Gasteiger partial charge is 0.492 e. The first kappa shape index (κ1) is 18.0. The van der Waals surface area contributed by atoms with Gasteiger partial charge in [0.25, 0.3) is 0 Å². The number of nitrogens with zero attached hydrogens (tertiary/aromatic N) is 1. The number of primary amides is 1. The molecule has 0 aromatic heterocycles. The molecule has 2 aromatic carbocycles. The van der Waals surface area contributed by atoms with Gasteiger partial charge in [-0.25, -0.2) is 9.10 Å². The third kappa shape index (κ3) is 5.07. The number of ether oxygens (including phenoxy) is 1. The van der Waals surface area contributed by atoms with Crippen LogP contribution < -0.4 is 20.1 Å². The van der Waals surface area contributed by atoms with Crippen molar-refractivity contribution in [1.82, 2.24) is 5.32 Å². The Morgan fingerprint density at radius 3 is 2.54 bits per heavy atom. The molecule has 3 amide bonds. The predicted octanol–water partition coefficient (Wildman–Crippen LogP) is 2.88. The zero-order chi connectivity index (χ0) is 17.5. The molecule has 0 bridgehead atoms. The van der Waals surface area contributed by atoms with Crippen LogP contribution in [-0.2, 0) is 0 Å². The van der Waals surface area contributed by atoms with Crippen molar-refractivity contribution in [3.8, 4) is 5.75 Å². The van der Waals surface area contributed by atoms with E-state index in [0.717, 1.165) is 4.31 Å². The number of nitrogens with two attached hydrogens (primary N) is 1. The molecule has 126 valence electrons. The summed E-state index contributed by atoms with van der Waals surface area (Å²) in [4.78, 5) is 23.0. The van der Waals surface area contributed by atoms with Gasteiger partial charge in [0.05, 0.1) is 12.2 Å². The van der Waals surface area contributed by atoms with Crippen LogP contribution in [0.25, 0.3) is 0 Å². The average Bonchev–Trinajstić information content (AvgIpc) is 2.58. The lowest BCUT2D eigenvalue weighted by Crippen LogP contribution is -2.36. The molecule has 0 atom stereocenters. The Labute approximate surface area is 150 Å². The van der Waals surface area contributed by atoms with E-state index in [0.29, 0.717) is 28.6 Å². The zero-order valence-corrected chi connectivity index (χ0v) is 14.3. The van der Waals surface area contributed by atoms with Gasteiger partial charge in [0.1, 0.15) is 12.4 Å². The van der Waals surface area contributed by atoms with Crippen LogP contribution >= 0.6 is 24.4 Å². The van der Waals surface area contributed by atoms with Crippen LogP contribution in [0.15, 0.2) is 48.5 Å². The standard InChI is InChI=1S/C16H16ClN3O3S/c17-12-2-1-3-14(10-12)23-9-8-19-16(22)20(24)13-6-4-11(5-7-13)15(18)21/h1-7,10,24H,8-9H2,(H2,18,21)(H,19,22). The Kier molecular flexibility index (Phi) is 6.34. The number of thiol groups is 1. The lowest BCUT2D eigenvalue weighted by atomic mass is 10.2. The molecular formula is C16H16ClN3O3S. The molecule has 0 fully saturated rings. The SMILES string of the molecule is NC(=O)c1ccc(N(S)C(=O)NCCOc2cccc(Cl)c2)cc1. The van der Waals surface area contributed by atoms with E-state index in [1.54, 1.807) is 36.4 Å². The Balaban J connectivity index is 1.80. The van der Waals surface area contributed by atoms with Crippen molar-refractivity contribution < 1.29 is 14.3 Å². The molecule has 2 aromatic rings. The maximum atomic E-state index is 12.0. The van der Waals surface area contributed by atoms with Gasteiger partial charge in [-0.2, -0.15) is 0 Å². The predicted molar refractivity (Wildman–Crippen MR) is 96.8 cm³/mol. The number of rotatable bonds is 6. The number of anilines is 1. The van der Waals surface area contributed by atoms with Gasteiger partial charge in [-0.15, -0.1) is 0 Å². The third-order valence-electron chi connectivity index (χ3n) is 3.03. The second-order valence-electron chi connectivity index (χ2n) is 4.76. The molecule has 0 spiro atoms. The topological polar surface area (TPSA) is 84.7 Å². The first-order valence-electron chi connectivity index (χ1n) is 7.02. The highest BCUT2D eigenvalue weighted by atomic mass is 35.5. The van der Waals surface area contributed by atoms with E-state index < -0.39 is 11.9 Å². The van der Waals surface area contributed by atoms with E-state index in [-0.39, 0.29) is 6.61 Å². The monoisotopic (exact) mass is 365 g/mol. The number of carbonyl (C=O) groups excluding carboxylic acids is 2. The first-order chi connectivity index (χ1) is 11.5. The van der Waals surface area contributed by atoms with Crippen molar-refractivity contribution in [2.24, 2.45) is 5.73 Å². The summed E-state index contributed by atoms with van der Waals surface area (Å²) in [6.07, 6.45) is 0. The first-order valence-corrected chi connectivity index (χ1v) is 7.80. The van der Waals surface area contributed by atoms with Crippen LogP contribution in [0, 0.1) is 0 Å². The number of halogens is 1. The normalized spacial score (nSPS) is 10.1. The number of hydrogen-bond donors (Lipinski definition) is 3. The maximum Gasteiger partial charge on any atom is 0.332 e. The molecule has 6 nitrogen and oxygen atoms in total. The average molecular weight is 366 g/mol. The van der Waals surface area contributed by atoms with Gasteiger partial charge < -0.3 is 15.8 Å². The van der Waals surface area contributed by atoms with Gasteiger partial charge in [-0.3, -0.25) is 4.79 Å². The van der Waals surface area contributed by atoms with Crippen molar-refractivity contribution in [3.63, 3.8) is 0 Å². The highest BCUT2D eigenvalue weighted by molar-refractivity contribution is 7.82. The third-order valence-corrected chi connectivity index (χ3v) is 3.68. The van der Waals surface area contributed by atoms with Crippen LogP contribution in [0.1, 0.15) is 10.4 Å². The number of nitrogens with one attached hydrogen (secondary N) is 1. The van der Waals surface area contributed by atoms with E-state index in [1.165, 1.54) is 12.1 Å². The number of benzene rings is 2. The zero-order valence-electron chi connectivity index (χ0n) is 12.6. The minimum absolute atomic E-state index is 0.286. The second kappa shape index (κ2) is 8.47. The summed E-state index contributed by atoms with van der Waals surface area (Å²) in [7, 11) is 0. The van der Waals surface area contributed by atoms with E-state index in [4.69, 9.17) is 22.1 Å². The molecule has 0 heterocycles. The van der Waals surface area contributed by atoms with Crippen molar-refractivity contribution in [2.45, 2.75) is 0 Å². The Morgan fingerprint density at radius 1 is 1.21 bits per heavy atom. The Morgan fingerprint density at radius 2 is 1.92 bits per heavy atom. The van der Waals surface area contributed by atoms with Crippen LogP contribution in [0.2, 0.25) is 5.02 Å². The summed E-state index contributed by atoms with van der Waals surface area (Å²) in [5.41, 5.74) is 6.03. The van der Waals surface area contributed by atoms with Crippen molar-refractivity contribution >= 4 is 42.0 Å². The Bertz CT molecular complexity index is 725. The summed E-state index contributed by atoms with van der Waals surface area (Å²) in [5, 5.41) is 3.25. The molecule has 0 saturated carbocycles. The number of urea groups is 1. The number of carbonyl (C=O) groups is 2. The molecule has 0 aliphatic carbocycles. The van der Waals surface area contributed by atoms with Gasteiger partial charge in [-0.1, -0.05) is 30.5 Å². The molecule has 0 saturated heterocycles. The van der Waals surface area contributed by atoms with Crippen molar-refractivity contribution in [2.75, 3.05) is 17.5 Å². The van der Waals surface area contributed by atoms with Gasteiger partial charge in [0.15, 0.2) is 0 Å². The molecule has 2 rings (SSSR count). The smallest absolute Gasteiger partial charge is 0.332 e. The molecular weight excluding hydrogens is 350 g/mol. The molecule has 8 heteroatoms. The lowest BCUT2D eigenvalue weighted by Gasteiger charge is -2.17. The summed E-state index contributed by atoms with van der Waals surface area (Å²) < 4.78 is 6.60. The summed E-state index contributed by atoms with van der Waals surface area (Å²) >= 11 is 9.99. The van der Waals surface area contributed by atoms with Gasteiger partial charge in [0, 0.05) is 10.6 Å². The van der Waals surface area contributed by atoms with Gasteiger partial charge in [-0.05, 0) is 42.5 Å². The van der Waals surface area contributed by atoms with E-state index in [2.05, 4.69) is 18.1 Å². The molecule has 3 N–H and O–H groups in total. The number of hydrogen-bond acceptors (Lipinski definition) is 4. The van der Waals surface area contributed by atoms with Crippen LogP contribution in [0.4, 0.5) is 10.5 Å². The van der Waals surface area contributed by atoms with Crippen LogP contribution in [-0.4, -0.2) is 25.1 Å². The minimum atomic E-state index is -0.533. The highest BCUT2D eigenvalue weighted by Crippen LogP contribution is 2.18. The molecule has 0 aliphatic heterocycles. The fourth-order valence-corrected chi connectivity index (χ4v) is 2.23. The summed E-state index contributed by atoms with van der Waals surface area (Å²) in [5.74, 6) is 0.0939. The molecule has 0 aliphatic rings. The molecule has 0 radical (unpaired) electrons. The Hall–Kier alpha value is -2.38. The van der Waals surface area contributed by atoms with Gasteiger partial charge >= 0.3 is 6.03 Å². The summed E-state index contributed by atoms with van der Waals surface area (Å²) in [6.45, 7) is 0.579. The quantitative estimate of drug-likeness (QED) is 0.543. The molecule has 0 unspecified atom stereocenters. The fourth-order valence-electron chi connectivity index (χ4n) is 1.84. The second-order valence-corrected chi connectivity index (χ2v) is 5.60. The fraction of sp³-hybridized carbons (Fsp3) is 0.125. The number of amides is 3. The van der Waals surface area contributed by atoms with E-state index in [9.17, 15) is 9.59 Å². The van der Waals surface area contributed by atoms with E-state index >= 15 is 0 Å². The highest BCUT2D eigenvalue weighted by Gasteiger charge is 2.12. The van der Waals surface area contributed by atoms with E-state index in [1.807, 2.05) is 0 Å². The van der Waals surface area contributed by atoms with Crippen LogP contribution in [0.3, 0.4) is 0 Å². The van der Waals surface area contributed by atoms with Crippen molar-refractivity contribution in [3.05, 3.63) is 59.1 Å². The molecule has 24 heavy (non-hydrogen) atoms. The van der Waals surface area contributed by atoms with Crippen LogP contribution in [0.5, 0.6) is 5.75 Å². The van der Waals surface area contributed by atoms with Gasteiger partial charge in [0.2, 0.25) is 5.91 Å². The minimum Gasteiger partial charge on any atom is -0.492 e. The van der Waals surface area contributed by atoms with Crippen molar-refractivity contribution in [1.29, 1.82) is 0 Å². The summed E-state index contributed by atoms with van der Waals surface area (Å²) in [6, 6.07) is 12.8. The lowest BCUT2D eigenvalue weighted by molar-refractivity contribution is 0.100.